The predicted molar refractivity (Wildman–Crippen MR) is 119 cm³/mol. The Hall–Kier alpha value is -3.39. The topological polar surface area (TPSA) is 72.6 Å². The minimum Gasteiger partial charge on any atom is -0.341 e. The molecular weight excluding hydrogens is 394 g/mol. The van der Waals surface area contributed by atoms with Crippen LogP contribution in [-0.4, -0.2) is 43.0 Å². The zero-order valence-electron chi connectivity index (χ0n) is 16.2. The Bertz CT molecular complexity index is 1280. The maximum atomic E-state index is 4.70. The molecule has 4 heterocycles. The molecule has 0 unspecified atom stereocenters. The molecule has 0 aliphatic carbocycles. The fourth-order valence-electron chi connectivity index (χ4n) is 4.06. The summed E-state index contributed by atoms with van der Waals surface area (Å²) in [6, 6.07) is 16.7. The second-order valence-corrected chi connectivity index (χ2v) is 8.53. The summed E-state index contributed by atoms with van der Waals surface area (Å²) in [5, 5.41) is 9.64. The van der Waals surface area contributed by atoms with Crippen molar-refractivity contribution in [1.82, 2.24) is 29.9 Å². The van der Waals surface area contributed by atoms with Crippen LogP contribution in [0.4, 0.5) is 5.95 Å². The van der Waals surface area contributed by atoms with E-state index in [9.17, 15) is 0 Å². The molecule has 6 rings (SSSR count). The van der Waals surface area contributed by atoms with Gasteiger partial charge in [0.15, 0.2) is 0 Å². The molecule has 1 fully saturated rings. The van der Waals surface area contributed by atoms with Crippen LogP contribution in [0.5, 0.6) is 0 Å². The third-order valence-electron chi connectivity index (χ3n) is 5.65. The molecule has 0 N–H and O–H groups in total. The normalized spacial score (nSPS) is 15.3. The summed E-state index contributed by atoms with van der Waals surface area (Å²) in [6.07, 6.45) is 5.76. The molecule has 1 saturated heterocycles. The van der Waals surface area contributed by atoms with Gasteiger partial charge in [-0.05, 0) is 37.1 Å². The number of aromatic nitrogens is 6. The second-order valence-electron chi connectivity index (χ2n) is 7.50. The number of rotatable bonds is 3. The molecule has 3 aromatic heterocycles. The molecule has 30 heavy (non-hydrogen) atoms. The Balaban J connectivity index is 1.17. The van der Waals surface area contributed by atoms with Gasteiger partial charge in [-0.25, -0.2) is 19.6 Å². The van der Waals surface area contributed by atoms with E-state index in [0.717, 1.165) is 59.0 Å². The number of benzene rings is 2. The largest absolute Gasteiger partial charge is 0.341 e. The maximum Gasteiger partial charge on any atom is 0.225 e. The van der Waals surface area contributed by atoms with Gasteiger partial charge in [-0.1, -0.05) is 29.5 Å². The first-order valence-corrected chi connectivity index (χ1v) is 10.9. The molecule has 0 atom stereocenters. The van der Waals surface area contributed by atoms with Gasteiger partial charge in [-0.3, -0.25) is 0 Å². The number of para-hydroxylation sites is 2. The van der Waals surface area contributed by atoms with E-state index in [2.05, 4.69) is 42.0 Å². The molecule has 8 heteroatoms. The summed E-state index contributed by atoms with van der Waals surface area (Å²) >= 11 is 1.67. The van der Waals surface area contributed by atoms with E-state index in [0.29, 0.717) is 6.04 Å². The molecule has 2 aromatic carbocycles. The van der Waals surface area contributed by atoms with E-state index >= 15 is 0 Å². The zero-order chi connectivity index (χ0) is 19.9. The Morgan fingerprint density at radius 2 is 1.60 bits per heavy atom. The van der Waals surface area contributed by atoms with E-state index < -0.39 is 0 Å². The van der Waals surface area contributed by atoms with Gasteiger partial charge in [-0.2, -0.15) is 0 Å². The molecule has 0 amide bonds. The SMILES string of the molecule is c1ccc2sc(-c3cnc(N4CCC(n5nnc6ccccc65)CC4)nc3)nc2c1. The second kappa shape index (κ2) is 7.14. The van der Waals surface area contributed by atoms with E-state index in [-0.39, 0.29) is 0 Å². The van der Waals surface area contributed by atoms with Crippen molar-refractivity contribution in [1.29, 1.82) is 0 Å². The number of thiazole rings is 1. The zero-order valence-corrected chi connectivity index (χ0v) is 17.0. The highest BCUT2D eigenvalue weighted by Gasteiger charge is 2.24. The van der Waals surface area contributed by atoms with Crippen LogP contribution in [0.15, 0.2) is 60.9 Å². The molecular formula is C22H19N7S. The van der Waals surface area contributed by atoms with Crippen molar-refractivity contribution >= 4 is 38.5 Å². The lowest BCUT2D eigenvalue weighted by Crippen LogP contribution is -2.36. The van der Waals surface area contributed by atoms with Crippen LogP contribution in [0.1, 0.15) is 18.9 Å². The summed E-state index contributed by atoms with van der Waals surface area (Å²) < 4.78 is 3.25. The van der Waals surface area contributed by atoms with E-state index in [1.165, 1.54) is 4.70 Å². The van der Waals surface area contributed by atoms with Crippen molar-refractivity contribution < 1.29 is 0 Å². The average molecular weight is 414 g/mol. The lowest BCUT2D eigenvalue weighted by molar-refractivity contribution is 0.367. The van der Waals surface area contributed by atoms with Gasteiger partial charge in [0.05, 0.1) is 21.8 Å². The summed E-state index contributed by atoms with van der Waals surface area (Å²) in [5.41, 5.74) is 4.04. The smallest absolute Gasteiger partial charge is 0.225 e. The van der Waals surface area contributed by atoms with Crippen molar-refractivity contribution in [2.45, 2.75) is 18.9 Å². The molecule has 0 radical (unpaired) electrons. The fraction of sp³-hybridized carbons (Fsp3) is 0.227. The highest BCUT2D eigenvalue weighted by molar-refractivity contribution is 7.21. The molecule has 1 aliphatic heterocycles. The van der Waals surface area contributed by atoms with Crippen LogP contribution in [0.25, 0.3) is 31.8 Å². The van der Waals surface area contributed by atoms with Crippen molar-refractivity contribution in [3.05, 3.63) is 60.9 Å². The first kappa shape index (κ1) is 17.5. The van der Waals surface area contributed by atoms with Crippen LogP contribution in [0.3, 0.4) is 0 Å². The molecule has 1 aliphatic rings. The number of fused-ring (bicyclic) bond motifs is 2. The van der Waals surface area contributed by atoms with Gasteiger partial charge >= 0.3 is 0 Å². The quantitative estimate of drug-likeness (QED) is 0.438. The van der Waals surface area contributed by atoms with Gasteiger partial charge in [0.1, 0.15) is 10.5 Å². The summed E-state index contributed by atoms with van der Waals surface area (Å²) in [7, 11) is 0. The van der Waals surface area contributed by atoms with E-state index in [4.69, 9.17) is 4.98 Å². The Labute approximate surface area is 177 Å². The third kappa shape index (κ3) is 3.00. The van der Waals surface area contributed by atoms with Crippen LogP contribution in [-0.2, 0) is 0 Å². The minimum atomic E-state index is 0.357. The molecule has 148 valence electrons. The van der Waals surface area contributed by atoms with E-state index in [1.54, 1.807) is 11.3 Å². The first-order valence-electron chi connectivity index (χ1n) is 10.1. The average Bonchev–Trinajstić information content (AvgIpc) is 3.44. The standard InChI is InChI=1S/C22H19N7S/c1-3-7-19-17(5-1)26-27-29(19)16-9-11-28(12-10-16)22-23-13-15(14-24-22)21-25-18-6-2-4-8-20(18)30-21/h1-8,13-14,16H,9-12H2. The molecule has 0 spiro atoms. The number of hydrogen-bond donors (Lipinski definition) is 0. The van der Waals surface area contributed by atoms with Crippen molar-refractivity contribution in [2.75, 3.05) is 18.0 Å². The first-order chi connectivity index (χ1) is 14.8. The van der Waals surface area contributed by atoms with Gasteiger partial charge in [0, 0.05) is 31.0 Å². The third-order valence-corrected chi connectivity index (χ3v) is 6.74. The lowest BCUT2D eigenvalue weighted by atomic mass is 10.1. The Morgan fingerprint density at radius 1 is 0.867 bits per heavy atom. The highest BCUT2D eigenvalue weighted by atomic mass is 32.1. The molecule has 0 bridgehead atoms. The van der Waals surface area contributed by atoms with Crippen LogP contribution in [0, 0.1) is 0 Å². The van der Waals surface area contributed by atoms with Crippen molar-refractivity contribution in [2.24, 2.45) is 0 Å². The van der Waals surface area contributed by atoms with E-state index in [1.807, 2.05) is 48.8 Å². The van der Waals surface area contributed by atoms with Gasteiger partial charge in [0.2, 0.25) is 5.95 Å². The number of anilines is 1. The number of hydrogen-bond acceptors (Lipinski definition) is 7. The van der Waals surface area contributed by atoms with Crippen LogP contribution in [0.2, 0.25) is 0 Å². The fourth-order valence-corrected chi connectivity index (χ4v) is 5.00. The summed E-state index contributed by atoms with van der Waals surface area (Å²) in [6.45, 7) is 1.80. The van der Waals surface area contributed by atoms with Gasteiger partial charge < -0.3 is 4.90 Å². The maximum absolute atomic E-state index is 4.70. The van der Waals surface area contributed by atoms with Crippen LogP contribution >= 0.6 is 11.3 Å². The number of nitrogens with zero attached hydrogens (tertiary/aromatic N) is 7. The monoisotopic (exact) mass is 413 g/mol. The summed E-state index contributed by atoms with van der Waals surface area (Å²) in [5.74, 6) is 0.779. The van der Waals surface area contributed by atoms with Crippen molar-refractivity contribution in [3.8, 4) is 10.6 Å². The Kier molecular flexibility index (Phi) is 4.16. The van der Waals surface area contributed by atoms with Crippen molar-refractivity contribution in [3.63, 3.8) is 0 Å². The predicted octanol–water partition coefficient (Wildman–Crippen LogP) is 4.34. The Morgan fingerprint density at radius 3 is 2.40 bits per heavy atom. The molecule has 0 saturated carbocycles. The molecule has 7 nitrogen and oxygen atoms in total. The minimum absolute atomic E-state index is 0.357. The highest BCUT2D eigenvalue weighted by Crippen LogP contribution is 2.30. The number of piperidine rings is 1. The van der Waals surface area contributed by atoms with Crippen LogP contribution < -0.4 is 4.90 Å². The van der Waals surface area contributed by atoms with Gasteiger partial charge in [-0.15, -0.1) is 16.4 Å². The lowest BCUT2D eigenvalue weighted by Gasteiger charge is -2.32. The van der Waals surface area contributed by atoms with Gasteiger partial charge in [0.25, 0.3) is 0 Å². The summed E-state index contributed by atoms with van der Waals surface area (Å²) in [4.78, 5) is 16.2. The molecule has 5 aromatic rings.